The Labute approximate surface area is 119 Å². The highest BCUT2D eigenvalue weighted by atomic mass is 16.4. The summed E-state index contributed by atoms with van der Waals surface area (Å²) in [5.74, 6) is -1.14. The summed E-state index contributed by atoms with van der Waals surface area (Å²) < 4.78 is 0. The first-order valence-corrected chi connectivity index (χ1v) is 7.16. The summed E-state index contributed by atoms with van der Waals surface area (Å²) in [5, 5.41) is 22.7. The fourth-order valence-electron chi connectivity index (χ4n) is 2.39. The summed E-state index contributed by atoms with van der Waals surface area (Å²) in [7, 11) is 0. The summed E-state index contributed by atoms with van der Waals surface area (Å²) in [6, 6.07) is -1.60. The van der Waals surface area contributed by atoms with Crippen LogP contribution in [-0.4, -0.2) is 65.4 Å². The van der Waals surface area contributed by atoms with Gasteiger partial charge in [-0.25, -0.2) is 9.59 Å². The van der Waals surface area contributed by atoms with Gasteiger partial charge >= 0.3 is 12.0 Å². The lowest BCUT2D eigenvalue weighted by Gasteiger charge is -2.29. The van der Waals surface area contributed by atoms with E-state index in [1.807, 2.05) is 6.92 Å². The van der Waals surface area contributed by atoms with Gasteiger partial charge in [-0.2, -0.15) is 0 Å². The molecule has 7 heteroatoms. The molecular formula is C13H25N3O4. The van der Waals surface area contributed by atoms with Crippen molar-refractivity contribution >= 4 is 12.0 Å². The molecule has 1 aliphatic heterocycles. The second-order valence-electron chi connectivity index (χ2n) is 5.28. The number of nitrogens with zero attached hydrogens (tertiary/aromatic N) is 1. The molecule has 0 aromatic heterocycles. The van der Waals surface area contributed by atoms with E-state index in [1.54, 1.807) is 0 Å². The molecule has 0 radical (unpaired) electrons. The molecule has 4 N–H and O–H groups in total. The molecule has 116 valence electrons. The van der Waals surface area contributed by atoms with Crippen LogP contribution in [0.5, 0.6) is 0 Å². The molecule has 1 saturated heterocycles. The highest BCUT2D eigenvalue weighted by Crippen LogP contribution is 2.08. The van der Waals surface area contributed by atoms with Crippen LogP contribution in [0, 0.1) is 0 Å². The lowest BCUT2D eigenvalue weighted by molar-refractivity contribution is -0.139. The van der Waals surface area contributed by atoms with Gasteiger partial charge in [0.05, 0.1) is 0 Å². The van der Waals surface area contributed by atoms with Gasteiger partial charge in [0.25, 0.3) is 0 Å². The van der Waals surface area contributed by atoms with Crippen LogP contribution in [0.2, 0.25) is 0 Å². The van der Waals surface area contributed by atoms with Crippen LogP contribution in [0.4, 0.5) is 4.79 Å². The molecule has 0 bridgehead atoms. The van der Waals surface area contributed by atoms with E-state index < -0.39 is 18.0 Å². The number of hydrogen-bond donors (Lipinski definition) is 4. The minimum Gasteiger partial charge on any atom is -0.480 e. The van der Waals surface area contributed by atoms with Crippen molar-refractivity contribution in [1.82, 2.24) is 15.5 Å². The number of nitrogens with one attached hydrogen (secondary N) is 2. The zero-order valence-corrected chi connectivity index (χ0v) is 12.0. The van der Waals surface area contributed by atoms with E-state index in [0.29, 0.717) is 0 Å². The highest BCUT2D eigenvalue weighted by Gasteiger charge is 2.20. The summed E-state index contributed by atoms with van der Waals surface area (Å²) >= 11 is 0. The standard InChI is InChI=1S/C13H25N3O4/c1-10(9-16-6-3-2-4-7-16)14-13(20)15-11(5-8-17)12(18)19/h10-11,17H,2-9H2,1H3,(H,18,19)(H2,14,15,20). The van der Waals surface area contributed by atoms with Gasteiger partial charge in [-0.05, 0) is 32.9 Å². The van der Waals surface area contributed by atoms with E-state index in [1.165, 1.54) is 19.3 Å². The van der Waals surface area contributed by atoms with Gasteiger partial charge in [0.1, 0.15) is 6.04 Å². The van der Waals surface area contributed by atoms with Crippen LogP contribution >= 0.6 is 0 Å². The molecule has 0 aromatic carbocycles. The number of hydrogen-bond acceptors (Lipinski definition) is 4. The number of carboxylic acid groups (broad SMARTS) is 1. The molecule has 1 aliphatic rings. The van der Waals surface area contributed by atoms with Crippen molar-refractivity contribution in [2.45, 2.75) is 44.7 Å². The number of piperidine rings is 1. The molecule has 1 rings (SSSR count). The Balaban J connectivity index is 2.30. The Morgan fingerprint density at radius 3 is 2.40 bits per heavy atom. The highest BCUT2D eigenvalue weighted by molar-refractivity contribution is 5.82. The molecule has 0 aromatic rings. The SMILES string of the molecule is CC(CN1CCCCC1)NC(=O)NC(CCO)C(=O)O. The van der Waals surface area contributed by atoms with E-state index >= 15 is 0 Å². The average molecular weight is 287 g/mol. The molecule has 1 heterocycles. The van der Waals surface area contributed by atoms with E-state index in [2.05, 4.69) is 15.5 Å². The average Bonchev–Trinajstić information content (AvgIpc) is 2.38. The van der Waals surface area contributed by atoms with Crippen molar-refractivity contribution in [3.63, 3.8) is 0 Å². The van der Waals surface area contributed by atoms with Crippen molar-refractivity contribution in [3.8, 4) is 0 Å². The van der Waals surface area contributed by atoms with E-state index in [4.69, 9.17) is 10.2 Å². The number of aliphatic carboxylic acids is 1. The van der Waals surface area contributed by atoms with E-state index in [0.717, 1.165) is 19.6 Å². The quantitative estimate of drug-likeness (QED) is 0.528. The van der Waals surface area contributed by atoms with Crippen LogP contribution < -0.4 is 10.6 Å². The van der Waals surface area contributed by atoms with Gasteiger partial charge < -0.3 is 25.7 Å². The lowest BCUT2D eigenvalue weighted by Crippen LogP contribution is -2.51. The minimum absolute atomic E-state index is 0.00323. The lowest BCUT2D eigenvalue weighted by atomic mass is 10.1. The van der Waals surface area contributed by atoms with Gasteiger partial charge in [0.2, 0.25) is 0 Å². The van der Waals surface area contributed by atoms with Crippen LogP contribution in [0.1, 0.15) is 32.6 Å². The van der Waals surface area contributed by atoms with Crippen molar-refractivity contribution < 1.29 is 19.8 Å². The molecule has 0 spiro atoms. The van der Waals surface area contributed by atoms with Crippen LogP contribution in [0.25, 0.3) is 0 Å². The monoisotopic (exact) mass is 287 g/mol. The number of likely N-dealkylation sites (tertiary alicyclic amines) is 1. The van der Waals surface area contributed by atoms with E-state index in [9.17, 15) is 9.59 Å². The third-order valence-electron chi connectivity index (χ3n) is 3.38. The molecular weight excluding hydrogens is 262 g/mol. The zero-order chi connectivity index (χ0) is 15.0. The summed E-state index contributed by atoms with van der Waals surface area (Å²) in [5.41, 5.74) is 0. The molecule has 0 saturated carbocycles. The minimum atomic E-state index is -1.14. The molecule has 7 nitrogen and oxygen atoms in total. The number of carboxylic acids is 1. The number of rotatable bonds is 7. The Morgan fingerprint density at radius 2 is 1.85 bits per heavy atom. The van der Waals surface area contributed by atoms with Gasteiger partial charge in [-0.3, -0.25) is 0 Å². The Hall–Kier alpha value is -1.34. The van der Waals surface area contributed by atoms with Gasteiger partial charge in [0, 0.05) is 25.6 Å². The number of aliphatic hydroxyl groups is 1. The number of carbonyl (C=O) groups excluding carboxylic acids is 1. The first kappa shape index (κ1) is 16.7. The smallest absolute Gasteiger partial charge is 0.326 e. The van der Waals surface area contributed by atoms with Gasteiger partial charge in [0.15, 0.2) is 0 Å². The molecule has 20 heavy (non-hydrogen) atoms. The van der Waals surface area contributed by atoms with Gasteiger partial charge in [-0.15, -0.1) is 0 Å². The molecule has 2 atom stereocenters. The van der Waals surface area contributed by atoms with E-state index in [-0.39, 0.29) is 19.1 Å². The maximum Gasteiger partial charge on any atom is 0.326 e. The third-order valence-corrected chi connectivity index (χ3v) is 3.38. The van der Waals surface area contributed by atoms with Crippen LogP contribution in [0.3, 0.4) is 0 Å². The molecule has 2 unspecified atom stereocenters. The molecule has 2 amide bonds. The largest absolute Gasteiger partial charge is 0.480 e. The predicted octanol–water partition coefficient (Wildman–Crippen LogP) is -0.00440. The number of carbonyl (C=O) groups is 2. The normalized spacial score (nSPS) is 19.1. The second-order valence-corrected chi connectivity index (χ2v) is 5.28. The second kappa shape index (κ2) is 8.76. The van der Waals surface area contributed by atoms with Crippen LogP contribution in [-0.2, 0) is 4.79 Å². The maximum absolute atomic E-state index is 11.7. The summed E-state index contributed by atoms with van der Waals surface area (Å²) in [6.45, 7) is 4.49. The fraction of sp³-hybridized carbons (Fsp3) is 0.846. The van der Waals surface area contributed by atoms with Crippen LogP contribution in [0.15, 0.2) is 0 Å². The molecule has 1 fully saturated rings. The number of aliphatic hydroxyl groups excluding tert-OH is 1. The van der Waals surface area contributed by atoms with Crippen molar-refractivity contribution in [1.29, 1.82) is 0 Å². The maximum atomic E-state index is 11.7. The van der Waals surface area contributed by atoms with Crippen molar-refractivity contribution in [3.05, 3.63) is 0 Å². The van der Waals surface area contributed by atoms with Gasteiger partial charge in [-0.1, -0.05) is 6.42 Å². The zero-order valence-electron chi connectivity index (χ0n) is 12.0. The Morgan fingerprint density at radius 1 is 1.20 bits per heavy atom. The Kier molecular flexibility index (Phi) is 7.32. The number of urea groups is 1. The Bertz CT molecular complexity index is 319. The van der Waals surface area contributed by atoms with Crippen molar-refractivity contribution in [2.75, 3.05) is 26.2 Å². The molecule has 0 aliphatic carbocycles. The topological polar surface area (TPSA) is 102 Å². The summed E-state index contributed by atoms with van der Waals surface area (Å²) in [6.07, 6.45) is 3.65. The summed E-state index contributed by atoms with van der Waals surface area (Å²) in [4.78, 5) is 24.9. The fourth-order valence-corrected chi connectivity index (χ4v) is 2.39. The number of amides is 2. The first-order valence-electron chi connectivity index (χ1n) is 7.16. The third kappa shape index (κ3) is 6.21. The first-order chi connectivity index (χ1) is 9.52. The predicted molar refractivity (Wildman–Crippen MR) is 74.5 cm³/mol. The van der Waals surface area contributed by atoms with Crippen molar-refractivity contribution in [2.24, 2.45) is 0 Å².